The SMILES string of the molecule is CO[C@@H](CCOCCCl)n1cc(F)c(=O)[nH]c1=O. The van der Waals surface area contributed by atoms with Gasteiger partial charge in [0.15, 0.2) is 0 Å². The van der Waals surface area contributed by atoms with Crippen LogP contribution in [-0.2, 0) is 9.47 Å². The van der Waals surface area contributed by atoms with Gasteiger partial charge in [-0.1, -0.05) is 0 Å². The molecule has 0 amide bonds. The van der Waals surface area contributed by atoms with E-state index in [9.17, 15) is 14.0 Å². The first-order valence-electron chi connectivity index (χ1n) is 5.27. The van der Waals surface area contributed by atoms with Crippen LogP contribution in [0.5, 0.6) is 0 Å². The zero-order valence-corrected chi connectivity index (χ0v) is 10.6. The van der Waals surface area contributed by atoms with E-state index in [-0.39, 0.29) is 0 Å². The van der Waals surface area contributed by atoms with Crippen LogP contribution in [0.3, 0.4) is 0 Å². The number of alkyl halides is 1. The van der Waals surface area contributed by atoms with Gasteiger partial charge in [0.25, 0.3) is 5.56 Å². The maximum absolute atomic E-state index is 13.1. The molecule has 1 aromatic heterocycles. The number of nitrogens with one attached hydrogen (secondary N) is 1. The smallest absolute Gasteiger partial charge is 0.330 e. The van der Waals surface area contributed by atoms with Crippen molar-refractivity contribution in [3.63, 3.8) is 0 Å². The quantitative estimate of drug-likeness (QED) is 0.582. The monoisotopic (exact) mass is 280 g/mol. The molecule has 0 aliphatic rings. The number of rotatable bonds is 7. The van der Waals surface area contributed by atoms with Crippen molar-refractivity contribution in [1.29, 1.82) is 0 Å². The molecule has 0 saturated heterocycles. The molecule has 0 fully saturated rings. The highest BCUT2D eigenvalue weighted by molar-refractivity contribution is 6.17. The van der Waals surface area contributed by atoms with Crippen molar-refractivity contribution in [3.8, 4) is 0 Å². The molecule has 1 atom stereocenters. The van der Waals surface area contributed by atoms with Gasteiger partial charge >= 0.3 is 5.69 Å². The molecule has 0 bridgehead atoms. The van der Waals surface area contributed by atoms with Crippen LogP contribution < -0.4 is 11.2 Å². The van der Waals surface area contributed by atoms with Crippen molar-refractivity contribution < 1.29 is 13.9 Å². The fourth-order valence-electron chi connectivity index (χ4n) is 1.39. The minimum atomic E-state index is -1.05. The number of H-pyrrole nitrogens is 1. The maximum atomic E-state index is 13.1. The van der Waals surface area contributed by atoms with E-state index < -0.39 is 23.3 Å². The Balaban J connectivity index is 2.79. The van der Waals surface area contributed by atoms with Crippen molar-refractivity contribution in [3.05, 3.63) is 32.9 Å². The zero-order valence-electron chi connectivity index (χ0n) is 9.82. The van der Waals surface area contributed by atoms with Crippen molar-refractivity contribution in [2.24, 2.45) is 0 Å². The van der Waals surface area contributed by atoms with Crippen LogP contribution in [0.25, 0.3) is 0 Å². The second kappa shape index (κ2) is 7.30. The van der Waals surface area contributed by atoms with Crippen LogP contribution >= 0.6 is 11.6 Å². The number of nitrogens with zero attached hydrogens (tertiary/aromatic N) is 1. The summed E-state index contributed by atoms with van der Waals surface area (Å²) in [5, 5.41) is 0. The highest BCUT2D eigenvalue weighted by Gasteiger charge is 2.13. The Hall–Kier alpha value is -1.18. The fourth-order valence-corrected chi connectivity index (χ4v) is 1.50. The molecular weight excluding hydrogens is 267 g/mol. The van der Waals surface area contributed by atoms with Gasteiger partial charge in [-0.2, -0.15) is 4.39 Å². The van der Waals surface area contributed by atoms with E-state index in [4.69, 9.17) is 21.1 Å². The second-order valence-corrected chi connectivity index (χ2v) is 3.80. The standard InChI is InChI=1S/C10H14ClFN2O4/c1-17-8(2-4-18-5-3-11)14-6-7(12)9(15)13-10(14)16/h6,8H,2-5H2,1H3,(H,13,15,16)/t8-/m0/s1. The lowest BCUT2D eigenvalue weighted by molar-refractivity contribution is 0.00665. The molecule has 1 heterocycles. The first-order valence-corrected chi connectivity index (χ1v) is 5.81. The van der Waals surface area contributed by atoms with E-state index in [1.807, 2.05) is 4.98 Å². The molecule has 6 nitrogen and oxygen atoms in total. The summed E-state index contributed by atoms with van der Waals surface area (Å²) in [6.07, 6.45) is 0.439. The Bertz CT molecular complexity index is 488. The molecule has 18 heavy (non-hydrogen) atoms. The van der Waals surface area contributed by atoms with Crippen molar-refractivity contribution in [2.45, 2.75) is 12.6 Å². The highest BCUT2D eigenvalue weighted by Crippen LogP contribution is 2.09. The molecule has 0 aromatic carbocycles. The molecule has 0 spiro atoms. The van der Waals surface area contributed by atoms with Crippen molar-refractivity contribution in [2.75, 3.05) is 26.2 Å². The molecule has 0 saturated carbocycles. The molecular formula is C10H14ClFN2O4. The van der Waals surface area contributed by atoms with E-state index >= 15 is 0 Å². The Morgan fingerprint density at radius 2 is 2.22 bits per heavy atom. The van der Waals surface area contributed by atoms with Gasteiger partial charge in [0.1, 0.15) is 6.23 Å². The molecule has 102 valence electrons. The predicted molar refractivity (Wildman–Crippen MR) is 63.5 cm³/mol. The van der Waals surface area contributed by atoms with Crippen LogP contribution in [0.4, 0.5) is 4.39 Å². The van der Waals surface area contributed by atoms with E-state index in [2.05, 4.69) is 0 Å². The Morgan fingerprint density at radius 1 is 1.50 bits per heavy atom. The fraction of sp³-hybridized carbons (Fsp3) is 0.600. The lowest BCUT2D eigenvalue weighted by atomic mass is 10.4. The summed E-state index contributed by atoms with van der Waals surface area (Å²) >= 11 is 5.43. The summed E-state index contributed by atoms with van der Waals surface area (Å²) < 4.78 is 24.3. The topological polar surface area (TPSA) is 73.3 Å². The summed E-state index contributed by atoms with van der Waals surface area (Å²) in [4.78, 5) is 24.2. The Kier molecular flexibility index (Phi) is 6.03. The van der Waals surface area contributed by atoms with Crippen LogP contribution in [0.1, 0.15) is 12.6 Å². The number of hydrogen-bond donors (Lipinski definition) is 1. The average Bonchev–Trinajstić information content (AvgIpc) is 2.35. The van der Waals surface area contributed by atoms with Crippen molar-refractivity contribution >= 4 is 11.6 Å². The minimum Gasteiger partial charge on any atom is -0.380 e. The lowest BCUT2D eigenvalue weighted by Gasteiger charge is -2.17. The van der Waals surface area contributed by atoms with Crippen molar-refractivity contribution in [1.82, 2.24) is 9.55 Å². The lowest BCUT2D eigenvalue weighted by Crippen LogP contribution is -2.34. The number of aromatic nitrogens is 2. The normalized spacial score (nSPS) is 12.6. The maximum Gasteiger partial charge on any atom is 0.330 e. The summed E-state index contributed by atoms with van der Waals surface area (Å²) in [6.45, 7) is 0.686. The average molecular weight is 281 g/mol. The molecule has 8 heteroatoms. The number of methoxy groups -OCH3 is 1. The number of ether oxygens (including phenoxy) is 2. The van der Waals surface area contributed by atoms with Gasteiger partial charge < -0.3 is 9.47 Å². The third-order valence-electron chi connectivity index (χ3n) is 2.24. The molecule has 1 aromatic rings. The van der Waals surface area contributed by atoms with Gasteiger partial charge in [-0.25, -0.2) is 4.79 Å². The van der Waals surface area contributed by atoms with Crippen LogP contribution in [0.15, 0.2) is 15.8 Å². The van der Waals surface area contributed by atoms with Crippen LogP contribution in [0, 0.1) is 5.82 Å². The number of hydrogen-bond acceptors (Lipinski definition) is 4. The predicted octanol–water partition coefficient (Wildman–Crippen LogP) is 0.466. The van der Waals surface area contributed by atoms with Gasteiger partial charge in [-0.15, -0.1) is 11.6 Å². The zero-order chi connectivity index (χ0) is 13.5. The third kappa shape index (κ3) is 3.94. The first-order chi connectivity index (χ1) is 8.60. The molecule has 1 N–H and O–H groups in total. The molecule has 0 aliphatic carbocycles. The van der Waals surface area contributed by atoms with Gasteiger partial charge in [-0.05, 0) is 0 Å². The molecule has 0 aliphatic heterocycles. The number of halogens is 2. The number of aromatic amines is 1. The van der Waals surface area contributed by atoms with E-state index in [1.54, 1.807) is 0 Å². The van der Waals surface area contributed by atoms with E-state index in [0.717, 1.165) is 10.8 Å². The Morgan fingerprint density at radius 3 is 2.83 bits per heavy atom. The van der Waals surface area contributed by atoms with Gasteiger partial charge in [-0.3, -0.25) is 14.3 Å². The minimum absolute atomic E-state index is 0.304. The highest BCUT2D eigenvalue weighted by atomic mass is 35.5. The molecule has 0 radical (unpaired) electrons. The van der Waals surface area contributed by atoms with Crippen LogP contribution in [-0.4, -0.2) is 35.8 Å². The van der Waals surface area contributed by atoms with Gasteiger partial charge in [0.2, 0.25) is 5.82 Å². The summed E-state index contributed by atoms with van der Waals surface area (Å²) in [5.74, 6) is -0.677. The largest absolute Gasteiger partial charge is 0.380 e. The van der Waals surface area contributed by atoms with Crippen LogP contribution in [0.2, 0.25) is 0 Å². The van der Waals surface area contributed by atoms with E-state index in [1.165, 1.54) is 7.11 Å². The Labute approximate surface area is 107 Å². The first kappa shape index (κ1) is 14.9. The summed E-state index contributed by atoms with van der Waals surface area (Å²) in [6, 6.07) is 0. The van der Waals surface area contributed by atoms with Gasteiger partial charge in [0, 0.05) is 19.4 Å². The molecule has 1 rings (SSSR count). The van der Waals surface area contributed by atoms with E-state index in [0.29, 0.717) is 25.5 Å². The molecule has 0 unspecified atom stereocenters. The third-order valence-corrected chi connectivity index (χ3v) is 2.39. The summed E-state index contributed by atoms with van der Waals surface area (Å²) in [7, 11) is 1.38. The second-order valence-electron chi connectivity index (χ2n) is 3.42. The van der Waals surface area contributed by atoms with Gasteiger partial charge in [0.05, 0.1) is 19.4 Å². The summed E-state index contributed by atoms with van der Waals surface area (Å²) in [5.41, 5.74) is -1.78.